The molecule has 1 fully saturated rings. The zero-order valence-corrected chi connectivity index (χ0v) is 14.7. The molecule has 3 aromatic rings. The third-order valence-corrected chi connectivity index (χ3v) is 5.06. The van der Waals surface area contributed by atoms with Gasteiger partial charge in [-0.2, -0.15) is 5.10 Å². The lowest BCUT2D eigenvalue weighted by atomic mass is 9.97. The molecule has 1 aliphatic heterocycles. The van der Waals surface area contributed by atoms with Crippen LogP contribution >= 0.6 is 0 Å². The van der Waals surface area contributed by atoms with Crippen molar-refractivity contribution in [2.24, 2.45) is 5.10 Å². The Kier molecular flexibility index (Phi) is 3.72. The van der Waals surface area contributed by atoms with E-state index in [2.05, 4.69) is 16.5 Å². The number of rotatable bonds is 3. The van der Waals surface area contributed by atoms with Crippen LogP contribution in [-0.4, -0.2) is 28.7 Å². The number of carbonyl (C=O) groups is 2. The van der Waals surface area contributed by atoms with E-state index in [1.165, 1.54) is 0 Å². The van der Waals surface area contributed by atoms with Crippen molar-refractivity contribution in [1.82, 2.24) is 10.3 Å². The minimum absolute atomic E-state index is 0.328. The zero-order chi connectivity index (χ0) is 18.3. The Morgan fingerprint density at radius 2 is 1.62 bits per heavy atom. The first-order chi connectivity index (χ1) is 12.5. The van der Waals surface area contributed by atoms with Crippen LogP contribution in [0.3, 0.4) is 0 Å². The smallest absolute Gasteiger partial charge is 0.322 e. The Balaban J connectivity index is 1.85. The Labute approximate surface area is 151 Å². The highest BCUT2D eigenvalue weighted by molar-refractivity contribution is 6.14. The average molecular weight is 345 g/mol. The summed E-state index contributed by atoms with van der Waals surface area (Å²) in [6.45, 7) is 3.58. The molecule has 1 aliphatic rings. The van der Waals surface area contributed by atoms with E-state index in [9.17, 15) is 9.59 Å². The monoisotopic (exact) mass is 345 g/mol. The number of hydrogen-bond acceptors (Lipinski definition) is 3. The highest BCUT2D eigenvalue weighted by Gasteiger charge is 2.46. The number of urea groups is 1. The van der Waals surface area contributed by atoms with Crippen LogP contribution in [-0.2, 0) is 4.79 Å². The number of carbonyl (C=O) groups excluding carboxylic acids is 2. The summed E-state index contributed by atoms with van der Waals surface area (Å²) in [6, 6.07) is 17.7. The van der Waals surface area contributed by atoms with Gasteiger partial charge in [0.25, 0.3) is 5.91 Å². The molecule has 0 radical (unpaired) electrons. The highest BCUT2D eigenvalue weighted by Crippen LogP contribution is 2.28. The molecule has 1 heterocycles. The first-order valence-electron chi connectivity index (χ1n) is 8.65. The largest absolute Gasteiger partial charge is 0.346 e. The van der Waals surface area contributed by atoms with E-state index in [-0.39, 0.29) is 5.91 Å². The van der Waals surface area contributed by atoms with Gasteiger partial charge >= 0.3 is 6.03 Å². The van der Waals surface area contributed by atoms with Gasteiger partial charge in [0, 0.05) is 5.56 Å². The molecular formula is C21H19N3O2. The molecule has 3 amide bonds. The van der Waals surface area contributed by atoms with Gasteiger partial charge in [-0.1, -0.05) is 55.5 Å². The van der Waals surface area contributed by atoms with Gasteiger partial charge in [-0.15, -0.1) is 5.01 Å². The van der Waals surface area contributed by atoms with Crippen molar-refractivity contribution >= 4 is 39.7 Å². The molecule has 130 valence electrons. The summed E-state index contributed by atoms with van der Waals surface area (Å²) < 4.78 is 0. The lowest BCUT2D eigenvalue weighted by Gasteiger charge is -2.17. The second-order valence-corrected chi connectivity index (χ2v) is 6.71. The Morgan fingerprint density at radius 3 is 2.15 bits per heavy atom. The van der Waals surface area contributed by atoms with E-state index >= 15 is 0 Å². The number of nitrogens with zero attached hydrogens (tertiary/aromatic N) is 2. The summed E-state index contributed by atoms with van der Waals surface area (Å²) in [7, 11) is 0. The SMILES string of the molecule is CC[C@]1(C)NC(=O)N(/N=C\c2c3ccccc3cc3ccccc23)C1=O. The quantitative estimate of drug-likeness (QED) is 0.442. The molecule has 1 N–H and O–H groups in total. The molecule has 0 unspecified atom stereocenters. The molecule has 4 rings (SSSR count). The number of amides is 3. The number of nitrogens with one attached hydrogen (secondary N) is 1. The maximum atomic E-state index is 12.5. The van der Waals surface area contributed by atoms with Crippen LogP contribution in [0.1, 0.15) is 25.8 Å². The molecule has 0 spiro atoms. The van der Waals surface area contributed by atoms with E-state index in [0.717, 1.165) is 32.1 Å². The lowest BCUT2D eigenvalue weighted by Crippen LogP contribution is -2.42. The molecule has 0 aromatic heterocycles. The van der Waals surface area contributed by atoms with Crippen LogP contribution in [0.25, 0.3) is 21.5 Å². The molecule has 0 aliphatic carbocycles. The van der Waals surface area contributed by atoms with Gasteiger partial charge in [0.2, 0.25) is 0 Å². The topological polar surface area (TPSA) is 61.8 Å². The van der Waals surface area contributed by atoms with Crippen LogP contribution < -0.4 is 5.32 Å². The summed E-state index contributed by atoms with van der Waals surface area (Å²) in [6.07, 6.45) is 2.13. The Morgan fingerprint density at radius 1 is 1.04 bits per heavy atom. The van der Waals surface area contributed by atoms with Crippen molar-refractivity contribution in [2.45, 2.75) is 25.8 Å². The normalized spacial score (nSPS) is 20.5. The molecule has 3 aromatic carbocycles. The second kappa shape index (κ2) is 5.95. The lowest BCUT2D eigenvalue weighted by molar-refractivity contribution is -0.130. The van der Waals surface area contributed by atoms with Gasteiger partial charge < -0.3 is 5.32 Å². The fourth-order valence-corrected chi connectivity index (χ4v) is 3.32. The summed E-state index contributed by atoms with van der Waals surface area (Å²) in [5, 5.41) is 12.1. The Bertz CT molecular complexity index is 1020. The van der Waals surface area contributed by atoms with E-state index in [1.54, 1.807) is 13.1 Å². The predicted octanol–water partition coefficient (Wildman–Crippen LogP) is 4.05. The van der Waals surface area contributed by atoms with Crippen molar-refractivity contribution in [3.63, 3.8) is 0 Å². The maximum absolute atomic E-state index is 12.5. The fraction of sp³-hybridized carbons (Fsp3) is 0.190. The summed E-state index contributed by atoms with van der Waals surface area (Å²) in [5.41, 5.74) is -0.000640. The minimum Gasteiger partial charge on any atom is -0.322 e. The second-order valence-electron chi connectivity index (χ2n) is 6.71. The number of imide groups is 1. The van der Waals surface area contributed by atoms with Crippen molar-refractivity contribution in [1.29, 1.82) is 0 Å². The molecular weight excluding hydrogens is 326 g/mol. The fourth-order valence-electron chi connectivity index (χ4n) is 3.32. The van der Waals surface area contributed by atoms with Crippen LogP contribution in [0.15, 0.2) is 59.7 Å². The zero-order valence-electron chi connectivity index (χ0n) is 14.7. The van der Waals surface area contributed by atoms with Crippen molar-refractivity contribution in [3.8, 4) is 0 Å². The molecule has 1 atom stereocenters. The van der Waals surface area contributed by atoms with Crippen molar-refractivity contribution in [2.75, 3.05) is 0 Å². The summed E-state index contributed by atoms with van der Waals surface area (Å²) >= 11 is 0. The standard InChI is InChI=1S/C21H19N3O2/c1-3-21(2)19(25)24(20(26)23-21)22-13-18-16-10-6-4-8-14(16)12-15-9-5-7-11-17(15)18/h4-13H,3H2,1-2H3,(H,23,26)/b22-13-/t21-/m0/s1. The molecule has 5 heteroatoms. The van der Waals surface area contributed by atoms with Gasteiger partial charge in [-0.3, -0.25) is 4.79 Å². The number of hydrazone groups is 1. The van der Waals surface area contributed by atoms with Crippen LogP contribution in [0.2, 0.25) is 0 Å². The average Bonchev–Trinajstić information content (AvgIpc) is 2.88. The van der Waals surface area contributed by atoms with Gasteiger partial charge in [0.05, 0.1) is 6.21 Å². The number of fused-ring (bicyclic) bond motifs is 2. The van der Waals surface area contributed by atoms with Gasteiger partial charge in [-0.05, 0) is 41.0 Å². The van der Waals surface area contributed by atoms with E-state index in [0.29, 0.717) is 6.42 Å². The van der Waals surface area contributed by atoms with E-state index in [4.69, 9.17) is 0 Å². The van der Waals surface area contributed by atoms with Gasteiger partial charge in [0.15, 0.2) is 0 Å². The maximum Gasteiger partial charge on any atom is 0.346 e. The van der Waals surface area contributed by atoms with Crippen LogP contribution in [0, 0.1) is 0 Å². The van der Waals surface area contributed by atoms with Crippen LogP contribution in [0.4, 0.5) is 4.79 Å². The minimum atomic E-state index is -0.894. The predicted molar refractivity (Wildman–Crippen MR) is 103 cm³/mol. The van der Waals surface area contributed by atoms with Gasteiger partial charge in [0.1, 0.15) is 5.54 Å². The Hall–Kier alpha value is -3.21. The van der Waals surface area contributed by atoms with Crippen molar-refractivity contribution < 1.29 is 9.59 Å². The first kappa shape index (κ1) is 16.3. The summed E-state index contributed by atoms with van der Waals surface area (Å²) in [5.74, 6) is -0.328. The summed E-state index contributed by atoms with van der Waals surface area (Å²) in [4.78, 5) is 24.7. The number of hydrogen-bond donors (Lipinski definition) is 1. The van der Waals surface area contributed by atoms with Crippen LogP contribution in [0.5, 0.6) is 0 Å². The molecule has 1 saturated heterocycles. The third-order valence-electron chi connectivity index (χ3n) is 5.06. The molecule has 5 nitrogen and oxygen atoms in total. The molecule has 0 saturated carbocycles. The molecule has 26 heavy (non-hydrogen) atoms. The van der Waals surface area contributed by atoms with E-state index < -0.39 is 11.6 Å². The van der Waals surface area contributed by atoms with Gasteiger partial charge in [-0.25, -0.2) is 4.79 Å². The molecule has 0 bridgehead atoms. The third kappa shape index (κ3) is 2.44. The van der Waals surface area contributed by atoms with E-state index in [1.807, 2.05) is 55.5 Å². The van der Waals surface area contributed by atoms with Crippen molar-refractivity contribution in [3.05, 3.63) is 60.2 Å². The highest BCUT2D eigenvalue weighted by atomic mass is 16.2. The first-order valence-corrected chi connectivity index (χ1v) is 8.65. The number of benzene rings is 3.